The van der Waals surface area contributed by atoms with Crippen LogP contribution in [-0.2, 0) is 15.0 Å². The van der Waals surface area contributed by atoms with Crippen molar-refractivity contribution in [2.45, 2.75) is 18.3 Å². The number of fused-ring (bicyclic) bond motifs is 2. The molecule has 0 unspecified atom stereocenters. The molecular weight excluding hydrogens is 396 g/mol. The van der Waals surface area contributed by atoms with Crippen molar-refractivity contribution >= 4 is 33.4 Å². The largest absolute Gasteiger partial charge is 0.484 e. The van der Waals surface area contributed by atoms with Crippen molar-refractivity contribution in [3.63, 3.8) is 0 Å². The molecule has 2 aliphatic heterocycles. The minimum Gasteiger partial charge on any atom is -0.484 e. The Labute approximate surface area is 160 Å². The number of ether oxygens (including phenoxy) is 1. The molecule has 6 heteroatoms. The third-order valence-corrected chi connectivity index (χ3v) is 5.80. The summed E-state index contributed by atoms with van der Waals surface area (Å²) < 4.78 is 6.54. The molecule has 1 N–H and O–H groups in total. The summed E-state index contributed by atoms with van der Waals surface area (Å²) in [5, 5.41) is 2.98. The molecule has 5 nitrogen and oxygen atoms in total. The number of anilines is 1. The van der Waals surface area contributed by atoms with Gasteiger partial charge < -0.3 is 15.0 Å². The van der Waals surface area contributed by atoms with E-state index >= 15 is 0 Å². The van der Waals surface area contributed by atoms with Gasteiger partial charge in [-0.25, -0.2) is 0 Å². The highest BCUT2D eigenvalue weighted by Crippen LogP contribution is 2.44. The molecular formula is C20H19BrN2O3. The molecule has 0 atom stereocenters. The van der Waals surface area contributed by atoms with Gasteiger partial charge in [0.1, 0.15) is 5.75 Å². The Hall–Kier alpha value is -2.34. The quantitative estimate of drug-likeness (QED) is 0.837. The Balaban J connectivity index is 1.38. The van der Waals surface area contributed by atoms with E-state index in [1.807, 2.05) is 48.5 Å². The smallest absolute Gasteiger partial charge is 0.260 e. The van der Waals surface area contributed by atoms with Crippen molar-refractivity contribution in [2.75, 3.05) is 25.0 Å². The Morgan fingerprint density at radius 3 is 2.54 bits per heavy atom. The average molecular weight is 415 g/mol. The van der Waals surface area contributed by atoms with Crippen LogP contribution in [0, 0.1) is 0 Å². The summed E-state index contributed by atoms with van der Waals surface area (Å²) >= 11 is 3.37. The third-order valence-electron chi connectivity index (χ3n) is 5.27. The number of para-hydroxylation sites is 1. The zero-order chi connectivity index (χ0) is 18.1. The van der Waals surface area contributed by atoms with E-state index < -0.39 is 5.41 Å². The van der Waals surface area contributed by atoms with Crippen molar-refractivity contribution < 1.29 is 14.3 Å². The summed E-state index contributed by atoms with van der Waals surface area (Å²) in [6.07, 6.45) is 1.28. The molecule has 4 rings (SSSR count). The highest BCUT2D eigenvalue weighted by molar-refractivity contribution is 9.10. The van der Waals surface area contributed by atoms with Crippen LogP contribution in [0.5, 0.6) is 5.75 Å². The molecule has 2 amide bonds. The number of piperidine rings is 1. The van der Waals surface area contributed by atoms with E-state index in [-0.39, 0.29) is 18.4 Å². The van der Waals surface area contributed by atoms with Gasteiger partial charge >= 0.3 is 0 Å². The molecule has 0 radical (unpaired) electrons. The SMILES string of the molecule is O=C(COc1ccc(Br)cc1)N1CCC2(CC1)C(=O)Nc1ccccc12. The van der Waals surface area contributed by atoms with Crippen molar-refractivity contribution in [3.8, 4) is 5.75 Å². The second-order valence-electron chi connectivity index (χ2n) is 6.71. The number of amides is 2. The van der Waals surface area contributed by atoms with E-state index in [4.69, 9.17) is 4.74 Å². The Bertz CT molecular complexity index is 842. The third kappa shape index (κ3) is 2.98. The number of carbonyl (C=O) groups is 2. The molecule has 1 saturated heterocycles. The van der Waals surface area contributed by atoms with E-state index in [0.717, 1.165) is 15.7 Å². The molecule has 2 heterocycles. The van der Waals surface area contributed by atoms with Crippen LogP contribution in [0.3, 0.4) is 0 Å². The van der Waals surface area contributed by atoms with E-state index in [2.05, 4.69) is 21.2 Å². The fraction of sp³-hybridized carbons (Fsp3) is 0.300. The Morgan fingerprint density at radius 1 is 1.12 bits per heavy atom. The molecule has 0 aliphatic carbocycles. The van der Waals surface area contributed by atoms with Crippen molar-refractivity contribution in [1.82, 2.24) is 4.90 Å². The van der Waals surface area contributed by atoms with E-state index in [1.165, 1.54) is 0 Å². The van der Waals surface area contributed by atoms with Crippen LogP contribution in [0.4, 0.5) is 5.69 Å². The van der Waals surface area contributed by atoms with Gasteiger partial charge in [-0.15, -0.1) is 0 Å². The fourth-order valence-corrected chi connectivity index (χ4v) is 4.04. The zero-order valence-corrected chi connectivity index (χ0v) is 15.8. The van der Waals surface area contributed by atoms with Crippen molar-refractivity contribution in [2.24, 2.45) is 0 Å². The highest BCUT2D eigenvalue weighted by Gasteiger charge is 2.48. The summed E-state index contributed by atoms with van der Waals surface area (Å²) in [5.41, 5.74) is 1.46. The average Bonchev–Trinajstić information content (AvgIpc) is 2.93. The molecule has 0 saturated carbocycles. The fourth-order valence-electron chi connectivity index (χ4n) is 3.78. The van der Waals surface area contributed by atoms with Gasteiger partial charge in [-0.1, -0.05) is 34.1 Å². The summed E-state index contributed by atoms with van der Waals surface area (Å²) in [4.78, 5) is 26.8. The Kier molecular flexibility index (Phi) is 4.44. The predicted octanol–water partition coefficient (Wildman–Crippen LogP) is 3.34. The lowest BCUT2D eigenvalue weighted by Crippen LogP contribution is -2.49. The van der Waals surface area contributed by atoms with E-state index in [1.54, 1.807) is 4.90 Å². The summed E-state index contributed by atoms with van der Waals surface area (Å²) in [6.45, 7) is 1.13. The van der Waals surface area contributed by atoms with Crippen molar-refractivity contribution in [1.29, 1.82) is 0 Å². The standard InChI is InChI=1S/C20H19BrN2O3/c21-14-5-7-15(8-6-14)26-13-18(24)23-11-9-20(10-12-23)16-3-1-2-4-17(16)22-19(20)25/h1-8H,9-13H2,(H,22,25). The van der Waals surface area contributed by atoms with Gasteiger partial charge in [0.05, 0.1) is 5.41 Å². The van der Waals surface area contributed by atoms with Gasteiger partial charge in [-0.05, 0) is 48.7 Å². The van der Waals surface area contributed by atoms with E-state index in [9.17, 15) is 9.59 Å². The maximum Gasteiger partial charge on any atom is 0.260 e. The lowest BCUT2D eigenvalue weighted by molar-refractivity contribution is -0.137. The summed E-state index contributed by atoms with van der Waals surface area (Å²) in [6, 6.07) is 15.2. The first-order chi connectivity index (χ1) is 12.6. The maximum atomic E-state index is 12.6. The zero-order valence-electron chi connectivity index (χ0n) is 14.2. The molecule has 2 aliphatic rings. The molecule has 0 aromatic heterocycles. The van der Waals surface area contributed by atoms with Crippen LogP contribution in [0.25, 0.3) is 0 Å². The normalized spacial score (nSPS) is 17.7. The number of rotatable bonds is 3. The van der Waals surface area contributed by atoms with Gasteiger partial charge in [0.15, 0.2) is 6.61 Å². The number of carbonyl (C=O) groups excluding carboxylic acids is 2. The molecule has 26 heavy (non-hydrogen) atoms. The first kappa shape index (κ1) is 17.1. The van der Waals surface area contributed by atoms with Crippen LogP contribution in [0.1, 0.15) is 18.4 Å². The number of nitrogens with one attached hydrogen (secondary N) is 1. The van der Waals surface area contributed by atoms with Gasteiger partial charge in [0.2, 0.25) is 5.91 Å². The first-order valence-corrected chi connectivity index (χ1v) is 9.45. The van der Waals surface area contributed by atoms with Gasteiger partial charge in [0.25, 0.3) is 5.91 Å². The van der Waals surface area contributed by atoms with Crippen LogP contribution < -0.4 is 10.1 Å². The molecule has 0 bridgehead atoms. The minimum atomic E-state index is -0.500. The second kappa shape index (κ2) is 6.76. The number of hydrogen-bond donors (Lipinski definition) is 1. The van der Waals surface area contributed by atoms with Crippen LogP contribution in [0.15, 0.2) is 53.0 Å². The number of likely N-dealkylation sites (tertiary alicyclic amines) is 1. The van der Waals surface area contributed by atoms with Crippen LogP contribution in [0.2, 0.25) is 0 Å². The molecule has 2 aromatic rings. The Morgan fingerprint density at radius 2 is 1.81 bits per heavy atom. The lowest BCUT2D eigenvalue weighted by atomic mass is 9.73. The monoisotopic (exact) mass is 414 g/mol. The first-order valence-electron chi connectivity index (χ1n) is 8.66. The molecule has 134 valence electrons. The minimum absolute atomic E-state index is 0.0113. The van der Waals surface area contributed by atoms with Crippen molar-refractivity contribution in [3.05, 3.63) is 58.6 Å². The van der Waals surface area contributed by atoms with Gasteiger partial charge in [0, 0.05) is 23.2 Å². The van der Waals surface area contributed by atoms with Gasteiger partial charge in [-0.3, -0.25) is 9.59 Å². The number of hydrogen-bond acceptors (Lipinski definition) is 3. The summed E-state index contributed by atoms with van der Waals surface area (Å²) in [5.74, 6) is 0.672. The molecule has 2 aromatic carbocycles. The number of halogens is 1. The topological polar surface area (TPSA) is 58.6 Å². The predicted molar refractivity (Wildman–Crippen MR) is 102 cm³/mol. The van der Waals surface area contributed by atoms with Crippen LogP contribution >= 0.6 is 15.9 Å². The van der Waals surface area contributed by atoms with Gasteiger partial charge in [-0.2, -0.15) is 0 Å². The van der Waals surface area contributed by atoms with Crippen LogP contribution in [-0.4, -0.2) is 36.4 Å². The number of benzene rings is 2. The van der Waals surface area contributed by atoms with E-state index in [0.29, 0.717) is 31.7 Å². The highest BCUT2D eigenvalue weighted by atomic mass is 79.9. The lowest BCUT2D eigenvalue weighted by Gasteiger charge is -2.37. The summed E-state index contributed by atoms with van der Waals surface area (Å²) in [7, 11) is 0. The maximum absolute atomic E-state index is 12.6. The number of nitrogens with zero attached hydrogens (tertiary/aromatic N) is 1. The molecule has 1 spiro atoms. The second-order valence-corrected chi connectivity index (χ2v) is 7.62. The molecule has 1 fully saturated rings.